The summed E-state index contributed by atoms with van der Waals surface area (Å²) in [5, 5.41) is 4.45. The Balaban J connectivity index is 2.12. The summed E-state index contributed by atoms with van der Waals surface area (Å²) in [7, 11) is 6.72. The minimum absolute atomic E-state index is 0.563. The summed E-state index contributed by atoms with van der Waals surface area (Å²) < 4.78 is 23.8. The van der Waals surface area contributed by atoms with E-state index in [0.29, 0.717) is 23.9 Å². The largest absolute Gasteiger partial charge is 0.494 e. The van der Waals surface area contributed by atoms with E-state index < -0.39 is 0 Å². The van der Waals surface area contributed by atoms with Crippen molar-refractivity contribution in [2.75, 3.05) is 27.9 Å². The van der Waals surface area contributed by atoms with Gasteiger partial charge < -0.3 is 18.9 Å². The first kappa shape index (κ1) is 18.6. The van der Waals surface area contributed by atoms with Crippen molar-refractivity contribution in [1.82, 2.24) is 9.78 Å². The summed E-state index contributed by atoms with van der Waals surface area (Å²) in [5.41, 5.74) is 3.94. The van der Waals surface area contributed by atoms with Crippen LogP contribution in [0.15, 0.2) is 42.6 Å². The van der Waals surface area contributed by atoms with E-state index in [2.05, 4.69) is 5.10 Å². The number of aryl methyl sites for hydroxylation is 1. The first-order valence-corrected chi connectivity index (χ1v) is 8.68. The highest BCUT2D eigenvalue weighted by atomic mass is 16.5. The highest BCUT2D eigenvalue weighted by Crippen LogP contribution is 2.43. The normalized spacial score (nSPS) is 10.6. The highest BCUT2D eigenvalue weighted by Gasteiger charge is 2.19. The lowest BCUT2D eigenvalue weighted by atomic mass is 10.0. The number of nitrogens with zero attached hydrogens (tertiary/aromatic N) is 2. The maximum Gasteiger partial charge on any atom is 0.203 e. The maximum absolute atomic E-state index is 5.54. The Bertz CT molecular complexity index is 891. The van der Waals surface area contributed by atoms with Crippen molar-refractivity contribution >= 4 is 0 Å². The highest BCUT2D eigenvalue weighted by molar-refractivity contribution is 5.83. The third-order valence-electron chi connectivity index (χ3n) is 4.35. The first-order valence-electron chi connectivity index (χ1n) is 8.68. The monoisotopic (exact) mass is 368 g/mol. The van der Waals surface area contributed by atoms with Gasteiger partial charge in [-0.2, -0.15) is 5.10 Å². The predicted octanol–water partition coefficient (Wildman–Crippen LogP) is 4.18. The van der Waals surface area contributed by atoms with E-state index in [0.717, 1.165) is 28.1 Å². The Morgan fingerprint density at radius 1 is 0.889 bits per heavy atom. The average molecular weight is 368 g/mol. The molecule has 0 atom stereocenters. The van der Waals surface area contributed by atoms with Gasteiger partial charge in [0.2, 0.25) is 5.75 Å². The van der Waals surface area contributed by atoms with Crippen molar-refractivity contribution in [3.8, 4) is 45.4 Å². The third kappa shape index (κ3) is 3.56. The number of benzene rings is 2. The van der Waals surface area contributed by atoms with E-state index >= 15 is 0 Å². The van der Waals surface area contributed by atoms with Crippen molar-refractivity contribution in [2.45, 2.75) is 6.92 Å². The Kier molecular flexibility index (Phi) is 5.54. The zero-order valence-electron chi connectivity index (χ0n) is 16.3. The molecule has 3 aromatic rings. The SMILES string of the molecule is CCOc1ccc(-c2cnn(C)c2-c2cc(OC)c(OC)c(OC)c2)cc1. The van der Waals surface area contributed by atoms with E-state index in [1.807, 2.05) is 61.2 Å². The molecular formula is C21H24N2O4. The first-order chi connectivity index (χ1) is 13.1. The van der Waals surface area contributed by atoms with E-state index in [-0.39, 0.29) is 0 Å². The summed E-state index contributed by atoms with van der Waals surface area (Å²) in [6.45, 7) is 2.61. The molecule has 0 saturated carbocycles. The molecule has 0 amide bonds. The van der Waals surface area contributed by atoms with Gasteiger partial charge in [-0.05, 0) is 36.8 Å². The summed E-state index contributed by atoms with van der Waals surface area (Å²) in [5.74, 6) is 2.62. The van der Waals surface area contributed by atoms with Gasteiger partial charge in [-0.25, -0.2) is 0 Å². The van der Waals surface area contributed by atoms with Gasteiger partial charge in [-0.1, -0.05) is 12.1 Å². The van der Waals surface area contributed by atoms with Gasteiger partial charge in [0, 0.05) is 18.2 Å². The van der Waals surface area contributed by atoms with Crippen LogP contribution in [0.5, 0.6) is 23.0 Å². The lowest BCUT2D eigenvalue weighted by molar-refractivity contribution is 0.324. The van der Waals surface area contributed by atoms with Crippen LogP contribution < -0.4 is 18.9 Å². The van der Waals surface area contributed by atoms with Crippen molar-refractivity contribution in [2.24, 2.45) is 7.05 Å². The number of hydrogen-bond donors (Lipinski definition) is 0. The Hall–Kier alpha value is -3.15. The second kappa shape index (κ2) is 8.03. The van der Waals surface area contributed by atoms with Gasteiger partial charge in [-0.15, -0.1) is 0 Å². The summed E-state index contributed by atoms with van der Waals surface area (Å²) >= 11 is 0. The number of rotatable bonds is 7. The molecule has 0 N–H and O–H groups in total. The van der Waals surface area contributed by atoms with Crippen LogP contribution in [0.3, 0.4) is 0 Å². The molecule has 0 fully saturated rings. The van der Waals surface area contributed by atoms with Crippen LogP contribution in [-0.2, 0) is 7.05 Å². The van der Waals surface area contributed by atoms with Gasteiger partial charge >= 0.3 is 0 Å². The van der Waals surface area contributed by atoms with Crippen molar-refractivity contribution < 1.29 is 18.9 Å². The molecule has 0 saturated heterocycles. The molecule has 27 heavy (non-hydrogen) atoms. The zero-order chi connectivity index (χ0) is 19.4. The van der Waals surface area contributed by atoms with E-state index in [4.69, 9.17) is 18.9 Å². The fourth-order valence-electron chi connectivity index (χ4n) is 3.11. The second-order valence-corrected chi connectivity index (χ2v) is 5.90. The van der Waals surface area contributed by atoms with E-state index in [9.17, 15) is 0 Å². The van der Waals surface area contributed by atoms with Crippen molar-refractivity contribution in [3.63, 3.8) is 0 Å². The molecule has 0 radical (unpaired) electrons. The fourth-order valence-corrected chi connectivity index (χ4v) is 3.11. The smallest absolute Gasteiger partial charge is 0.203 e. The summed E-state index contributed by atoms with van der Waals surface area (Å²) in [6, 6.07) is 11.8. The lowest BCUT2D eigenvalue weighted by Gasteiger charge is -2.15. The molecule has 2 aromatic carbocycles. The number of aromatic nitrogens is 2. The second-order valence-electron chi connectivity index (χ2n) is 5.90. The van der Waals surface area contributed by atoms with Crippen LogP contribution in [0.2, 0.25) is 0 Å². The molecule has 142 valence electrons. The summed E-state index contributed by atoms with van der Waals surface area (Å²) in [6.07, 6.45) is 1.86. The van der Waals surface area contributed by atoms with E-state index in [1.54, 1.807) is 21.3 Å². The molecule has 6 nitrogen and oxygen atoms in total. The Labute approximate surface area is 159 Å². The molecule has 0 aliphatic carbocycles. The number of hydrogen-bond acceptors (Lipinski definition) is 5. The zero-order valence-corrected chi connectivity index (χ0v) is 16.3. The van der Waals surface area contributed by atoms with Crippen LogP contribution in [-0.4, -0.2) is 37.7 Å². The minimum atomic E-state index is 0.563. The Morgan fingerprint density at radius 3 is 2.04 bits per heavy atom. The van der Waals surface area contributed by atoms with Gasteiger partial charge in [0.25, 0.3) is 0 Å². The predicted molar refractivity (Wildman–Crippen MR) is 105 cm³/mol. The quantitative estimate of drug-likeness (QED) is 0.626. The van der Waals surface area contributed by atoms with Crippen LogP contribution in [0.4, 0.5) is 0 Å². The topological polar surface area (TPSA) is 54.7 Å². The molecule has 0 aliphatic heterocycles. The minimum Gasteiger partial charge on any atom is -0.494 e. The molecule has 1 aromatic heterocycles. The van der Waals surface area contributed by atoms with Gasteiger partial charge in [0.05, 0.1) is 39.8 Å². The summed E-state index contributed by atoms with van der Waals surface area (Å²) in [4.78, 5) is 0. The van der Waals surface area contributed by atoms with Crippen LogP contribution in [0.25, 0.3) is 22.4 Å². The fraction of sp³-hybridized carbons (Fsp3) is 0.286. The van der Waals surface area contributed by atoms with Crippen molar-refractivity contribution in [1.29, 1.82) is 0 Å². The molecular weight excluding hydrogens is 344 g/mol. The van der Waals surface area contributed by atoms with E-state index in [1.165, 1.54) is 0 Å². The maximum atomic E-state index is 5.54. The van der Waals surface area contributed by atoms with Gasteiger partial charge in [-0.3, -0.25) is 4.68 Å². The molecule has 3 rings (SSSR count). The Morgan fingerprint density at radius 2 is 1.52 bits per heavy atom. The molecule has 0 unspecified atom stereocenters. The van der Waals surface area contributed by atoms with Crippen molar-refractivity contribution in [3.05, 3.63) is 42.6 Å². The number of ether oxygens (including phenoxy) is 4. The average Bonchev–Trinajstić information content (AvgIpc) is 3.09. The van der Waals surface area contributed by atoms with Gasteiger partial charge in [0.15, 0.2) is 11.5 Å². The molecule has 0 bridgehead atoms. The lowest BCUT2D eigenvalue weighted by Crippen LogP contribution is -1.99. The van der Waals surface area contributed by atoms with Crippen LogP contribution in [0.1, 0.15) is 6.92 Å². The molecule has 0 aliphatic rings. The molecule has 1 heterocycles. The standard InChI is InChI=1S/C21H24N2O4/c1-6-27-16-9-7-14(8-10-16)17-13-22-23(2)20(17)15-11-18(24-3)21(26-5)19(12-15)25-4/h7-13H,6H2,1-5H3. The van der Waals surface area contributed by atoms with Crippen LogP contribution >= 0.6 is 0 Å². The molecule has 0 spiro atoms. The number of methoxy groups -OCH3 is 3. The third-order valence-corrected chi connectivity index (χ3v) is 4.35. The van der Waals surface area contributed by atoms with Gasteiger partial charge in [0.1, 0.15) is 5.75 Å². The molecule has 6 heteroatoms. The van der Waals surface area contributed by atoms with Crippen LogP contribution in [0, 0.1) is 0 Å².